The number of carbonyl (C=O) groups excluding carboxylic acids is 2. The first-order chi connectivity index (χ1) is 16.9. The molecule has 5 rings (SSSR count). The van der Waals surface area contributed by atoms with E-state index in [4.69, 9.17) is 9.47 Å². The molecule has 1 aromatic carbocycles. The van der Waals surface area contributed by atoms with Crippen LogP contribution in [0.1, 0.15) is 12.0 Å². The standard InChI is InChI=1S/C23H23FN6O5/c1-29-19(32)5-3-13-2-4-16(24)15(20(13)29)7-9-25-8-6-14-11-30(23(33)35-14)17-10-26-22-21(27-17)28-18(31)12-34-22/h2-5,10,14,25H,6-9,11-12H2,1H3,(H,27,28,31)/t14-/m1/s1. The van der Waals surface area contributed by atoms with Crippen molar-refractivity contribution >= 4 is 34.5 Å². The van der Waals surface area contributed by atoms with Crippen molar-refractivity contribution in [3.63, 3.8) is 0 Å². The molecule has 12 heteroatoms. The monoisotopic (exact) mass is 482 g/mol. The molecule has 2 amide bonds. The van der Waals surface area contributed by atoms with Crippen LogP contribution in [0.4, 0.5) is 20.8 Å². The van der Waals surface area contributed by atoms with Gasteiger partial charge in [0.1, 0.15) is 11.9 Å². The van der Waals surface area contributed by atoms with Crippen molar-refractivity contribution < 1.29 is 23.5 Å². The average molecular weight is 482 g/mol. The Morgan fingerprint density at radius 2 is 2.03 bits per heavy atom. The number of ether oxygens (including phenoxy) is 2. The van der Waals surface area contributed by atoms with Crippen molar-refractivity contribution in [1.82, 2.24) is 19.9 Å². The highest BCUT2D eigenvalue weighted by molar-refractivity contribution is 5.94. The normalized spacial score (nSPS) is 17.2. The molecule has 0 aliphatic carbocycles. The van der Waals surface area contributed by atoms with Gasteiger partial charge in [-0.05, 0) is 49.5 Å². The van der Waals surface area contributed by atoms with Gasteiger partial charge in [-0.1, -0.05) is 0 Å². The minimum absolute atomic E-state index is 0.132. The fraction of sp³-hybridized carbons (Fsp3) is 0.348. The van der Waals surface area contributed by atoms with Gasteiger partial charge >= 0.3 is 6.09 Å². The van der Waals surface area contributed by atoms with Gasteiger partial charge in [0.2, 0.25) is 0 Å². The largest absolute Gasteiger partial charge is 0.465 e. The Morgan fingerprint density at radius 1 is 1.20 bits per heavy atom. The maximum atomic E-state index is 14.5. The van der Waals surface area contributed by atoms with Gasteiger partial charge in [-0.25, -0.2) is 19.2 Å². The molecule has 0 bridgehead atoms. The lowest BCUT2D eigenvalue weighted by molar-refractivity contribution is -0.118. The van der Waals surface area contributed by atoms with Gasteiger partial charge in [-0.15, -0.1) is 0 Å². The molecule has 2 N–H and O–H groups in total. The Balaban J connectivity index is 1.15. The lowest BCUT2D eigenvalue weighted by Crippen LogP contribution is -2.30. The number of rotatable bonds is 7. The number of benzene rings is 1. The summed E-state index contributed by atoms with van der Waals surface area (Å²) < 4.78 is 26.6. The molecule has 0 saturated carbocycles. The minimum Gasteiger partial charge on any atom is -0.465 e. The van der Waals surface area contributed by atoms with E-state index in [0.29, 0.717) is 37.0 Å². The number of aryl methyl sites for hydroxylation is 1. The fourth-order valence-electron chi connectivity index (χ4n) is 4.23. The van der Waals surface area contributed by atoms with Crippen LogP contribution < -0.4 is 25.8 Å². The summed E-state index contributed by atoms with van der Waals surface area (Å²) in [5, 5.41) is 6.61. The van der Waals surface area contributed by atoms with Gasteiger partial charge < -0.3 is 24.7 Å². The van der Waals surface area contributed by atoms with E-state index in [1.54, 1.807) is 19.2 Å². The third-order valence-electron chi connectivity index (χ3n) is 6.00. The van der Waals surface area contributed by atoms with Gasteiger partial charge in [0.05, 0.1) is 18.3 Å². The maximum absolute atomic E-state index is 14.5. The molecular weight excluding hydrogens is 459 g/mol. The molecule has 11 nitrogen and oxygen atoms in total. The summed E-state index contributed by atoms with van der Waals surface area (Å²) in [5.41, 5.74) is 0.881. The highest BCUT2D eigenvalue weighted by Gasteiger charge is 2.34. The predicted molar refractivity (Wildman–Crippen MR) is 124 cm³/mol. The van der Waals surface area contributed by atoms with E-state index in [9.17, 15) is 18.8 Å². The highest BCUT2D eigenvalue weighted by Crippen LogP contribution is 2.28. The third kappa shape index (κ3) is 4.52. The zero-order chi connectivity index (χ0) is 24.5. The minimum atomic E-state index is -0.550. The topological polar surface area (TPSA) is 128 Å². The maximum Gasteiger partial charge on any atom is 0.415 e. The molecule has 0 spiro atoms. The first-order valence-corrected chi connectivity index (χ1v) is 11.2. The molecule has 182 valence electrons. The first kappa shape index (κ1) is 22.7. The van der Waals surface area contributed by atoms with Gasteiger partial charge in [0, 0.05) is 18.7 Å². The molecule has 2 aromatic heterocycles. The SMILES string of the molecule is Cn1c(=O)ccc2ccc(F)c(CCNCC[C@@H]3CN(c4cnc5c(n4)NC(=O)CO5)C(=O)O3)c21. The zero-order valence-electron chi connectivity index (χ0n) is 18.9. The molecule has 0 radical (unpaired) electrons. The Hall–Kier alpha value is -4.06. The molecule has 3 aromatic rings. The highest BCUT2D eigenvalue weighted by atomic mass is 19.1. The second-order valence-corrected chi connectivity index (χ2v) is 8.32. The first-order valence-electron chi connectivity index (χ1n) is 11.2. The summed E-state index contributed by atoms with van der Waals surface area (Å²) in [6.45, 7) is 1.17. The number of amides is 2. The summed E-state index contributed by atoms with van der Waals surface area (Å²) in [4.78, 5) is 45.5. The molecule has 0 unspecified atom stereocenters. The number of carbonyl (C=O) groups is 2. The molecular formula is C23H23FN6O5. The molecule has 35 heavy (non-hydrogen) atoms. The Kier molecular flexibility index (Phi) is 6.03. The lowest BCUT2D eigenvalue weighted by atomic mass is 10.1. The molecule has 1 atom stereocenters. The third-order valence-corrected chi connectivity index (χ3v) is 6.00. The Morgan fingerprint density at radius 3 is 2.89 bits per heavy atom. The Labute approximate surface area is 198 Å². The number of cyclic esters (lactones) is 1. The number of hydrogen-bond donors (Lipinski definition) is 2. The van der Waals surface area contributed by atoms with E-state index in [-0.39, 0.29) is 54.1 Å². The molecule has 1 saturated heterocycles. The second-order valence-electron chi connectivity index (χ2n) is 8.32. The summed E-state index contributed by atoms with van der Waals surface area (Å²) in [5.74, 6) is -0.0811. The van der Waals surface area contributed by atoms with Crippen molar-refractivity contribution in [2.75, 3.05) is 36.5 Å². The average Bonchev–Trinajstić information content (AvgIpc) is 3.22. The van der Waals surface area contributed by atoms with Crippen LogP contribution in [0, 0.1) is 5.82 Å². The van der Waals surface area contributed by atoms with E-state index in [1.165, 1.54) is 27.8 Å². The van der Waals surface area contributed by atoms with Gasteiger partial charge in [0.25, 0.3) is 17.3 Å². The van der Waals surface area contributed by atoms with E-state index in [0.717, 1.165) is 5.39 Å². The van der Waals surface area contributed by atoms with Crippen molar-refractivity contribution in [1.29, 1.82) is 0 Å². The smallest absolute Gasteiger partial charge is 0.415 e. The van der Waals surface area contributed by atoms with Gasteiger partial charge in [0.15, 0.2) is 18.2 Å². The van der Waals surface area contributed by atoms with Crippen LogP contribution in [0.3, 0.4) is 0 Å². The van der Waals surface area contributed by atoms with Gasteiger partial charge in [-0.3, -0.25) is 14.5 Å². The summed E-state index contributed by atoms with van der Waals surface area (Å²) in [6, 6.07) is 6.24. The summed E-state index contributed by atoms with van der Waals surface area (Å²) in [6.07, 6.45) is 1.41. The van der Waals surface area contributed by atoms with Crippen molar-refractivity contribution in [2.45, 2.75) is 18.9 Å². The van der Waals surface area contributed by atoms with E-state index >= 15 is 0 Å². The van der Waals surface area contributed by atoms with Gasteiger partial charge in [-0.2, -0.15) is 0 Å². The van der Waals surface area contributed by atoms with E-state index in [2.05, 4.69) is 20.6 Å². The van der Waals surface area contributed by atoms with Crippen molar-refractivity contribution in [3.05, 3.63) is 52.2 Å². The van der Waals surface area contributed by atoms with E-state index < -0.39 is 6.09 Å². The van der Waals surface area contributed by atoms with E-state index in [1.807, 2.05) is 0 Å². The molecule has 1 fully saturated rings. The zero-order valence-corrected chi connectivity index (χ0v) is 18.9. The Bertz CT molecular complexity index is 1380. The predicted octanol–water partition coefficient (Wildman–Crippen LogP) is 1.35. The molecule has 4 heterocycles. The number of hydrogen-bond acceptors (Lipinski definition) is 8. The number of pyridine rings is 1. The number of nitrogens with one attached hydrogen (secondary N) is 2. The van der Waals surface area contributed by atoms with Crippen LogP contribution in [0.5, 0.6) is 5.88 Å². The van der Waals surface area contributed by atoms with Crippen molar-refractivity contribution in [2.24, 2.45) is 7.05 Å². The number of nitrogens with zero attached hydrogens (tertiary/aromatic N) is 4. The number of aromatic nitrogens is 3. The second kappa shape index (κ2) is 9.29. The molecule has 2 aliphatic rings. The van der Waals surface area contributed by atoms with Crippen LogP contribution in [0.25, 0.3) is 10.9 Å². The van der Waals surface area contributed by atoms with Crippen LogP contribution in [-0.2, 0) is 23.0 Å². The lowest BCUT2D eigenvalue weighted by Gasteiger charge is -2.18. The van der Waals surface area contributed by atoms with Crippen molar-refractivity contribution in [3.8, 4) is 5.88 Å². The number of anilines is 2. The van der Waals surface area contributed by atoms with Crippen LogP contribution in [0.2, 0.25) is 0 Å². The summed E-state index contributed by atoms with van der Waals surface area (Å²) >= 11 is 0. The number of halogens is 1. The number of fused-ring (bicyclic) bond motifs is 2. The quantitative estimate of drug-likeness (QED) is 0.483. The van der Waals surface area contributed by atoms with Crippen LogP contribution >= 0.6 is 0 Å². The summed E-state index contributed by atoms with van der Waals surface area (Å²) in [7, 11) is 1.63. The molecule has 2 aliphatic heterocycles. The van der Waals surface area contributed by atoms with Crippen LogP contribution in [0.15, 0.2) is 35.3 Å². The van der Waals surface area contributed by atoms with Crippen LogP contribution in [-0.4, -0.2) is 58.9 Å². The fourth-order valence-corrected chi connectivity index (χ4v) is 4.23.